The first-order valence-corrected chi connectivity index (χ1v) is 7.40. The summed E-state index contributed by atoms with van der Waals surface area (Å²) >= 11 is 0. The highest BCUT2D eigenvalue weighted by Crippen LogP contribution is 2.29. The van der Waals surface area contributed by atoms with Crippen LogP contribution in [0, 0.1) is 5.92 Å². The average Bonchev–Trinajstić information content (AvgIpc) is 2.45. The molecule has 0 spiro atoms. The van der Waals surface area contributed by atoms with Gasteiger partial charge in [0.15, 0.2) is 11.5 Å². The average molecular weight is 294 g/mol. The minimum absolute atomic E-state index is 0.0378. The minimum atomic E-state index is -0.320. The molecule has 0 heterocycles. The van der Waals surface area contributed by atoms with Gasteiger partial charge >= 0.3 is 0 Å². The maximum atomic E-state index is 11.9. The number of amides is 1. The van der Waals surface area contributed by atoms with Crippen molar-refractivity contribution >= 4 is 5.91 Å². The molecule has 118 valence electrons. The van der Waals surface area contributed by atoms with Crippen LogP contribution in [0.25, 0.3) is 0 Å². The smallest absolute Gasteiger partial charge is 0.236 e. The summed E-state index contributed by atoms with van der Waals surface area (Å²) in [6, 6.07) is 5.04. The normalized spacial score (nSPS) is 12.2. The molecule has 1 amide bonds. The van der Waals surface area contributed by atoms with Gasteiger partial charge in [0.05, 0.1) is 12.6 Å². The van der Waals surface area contributed by atoms with Crippen LogP contribution >= 0.6 is 0 Å². The van der Waals surface area contributed by atoms with Gasteiger partial charge in [0.2, 0.25) is 5.91 Å². The van der Waals surface area contributed by atoms with E-state index in [9.17, 15) is 9.90 Å². The minimum Gasteiger partial charge on any atom is -0.504 e. The largest absolute Gasteiger partial charge is 0.504 e. The Hall–Kier alpha value is -1.75. The summed E-state index contributed by atoms with van der Waals surface area (Å²) in [7, 11) is 0. The Kier molecular flexibility index (Phi) is 7.02. The van der Waals surface area contributed by atoms with Gasteiger partial charge in [-0.15, -0.1) is 0 Å². The standard InChI is InChI=1S/C16H26N2O3/c1-5-21-14-8-6-7-13(15(14)19)10-17-12(4)16(20)18-9-11(2)3/h6-8,11-12,17,19H,5,9-10H2,1-4H3,(H,18,20). The predicted molar refractivity (Wildman–Crippen MR) is 83.4 cm³/mol. The Morgan fingerprint density at radius 3 is 2.67 bits per heavy atom. The van der Waals surface area contributed by atoms with E-state index in [-0.39, 0.29) is 17.7 Å². The van der Waals surface area contributed by atoms with Crippen molar-refractivity contribution in [3.63, 3.8) is 0 Å². The van der Waals surface area contributed by atoms with Crippen LogP contribution in [0.1, 0.15) is 33.3 Å². The highest BCUT2D eigenvalue weighted by Gasteiger charge is 2.14. The van der Waals surface area contributed by atoms with Crippen molar-refractivity contribution in [3.8, 4) is 11.5 Å². The number of aromatic hydroxyl groups is 1. The van der Waals surface area contributed by atoms with E-state index in [0.717, 1.165) is 0 Å². The maximum Gasteiger partial charge on any atom is 0.236 e. The lowest BCUT2D eigenvalue weighted by Crippen LogP contribution is -2.42. The van der Waals surface area contributed by atoms with Crippen LogP contribution in [-0.2, 0) is 11.3 Å². The molecule has 5 heteroatoms. The first-order chi connectivity index (χ1) is 9.95. The number of ether oxygens (including phenoxy) is 1. The van der Waals surface area contributed by atoms with Crippen molar-refractivity contribution in [1.29, 1.82) is 0 Å². The van der Waals surface area contributed by atoms with Gasteiger partial charge in [-0.3, -0.25) is 4.79 Å². The van der Waals surface area contributed by atoms with E-state index in [2.05, 4.69) is 24.5 Å². The third-order valence-electron chi connectivity index (χ3n) is 3.06. The molecule has 1 unspecified atom stereocenters. The van der Waals surface area contributed by atoms with E-state index in [0.29, 0.717) is 36.9 Å². The van der Waals surface area contributed by atoms with Crippen molar-refractivity contribution in [2.75, 3.05) is 13.2 Å². The number of nitrogens with one attached hydrogen (secondary N) is 2. The molecule has 0 saturated heterocycles. The molecule has 0 aromatic heterocycles. The molecule has 1 atom stereocenters. The molecule has 0 aliphatic rings. The summed E-state index contributed by atoms with van der Waals surface area (Å²) < 4.78 is 5.34. The molecule has 0 fully saturated rings. The van der Waals surface area contributed by atoms with Crippen LogP contribution in [0.15, 0.2) is 18.2 Å². The highest BCUT2D eigenvalue weighted by atomic mass is 16.5. The van der Waals surface area contributed by atoms with Crippen LogP contribution in [0.4, 0.5) is 0 Å². The Bertz CT molecular complexity index is 461. The fourth-order valence-electron chi connectivity index (χ4n) is 1.80. The van der Waals surface area contributed by atoms with E-state index < -0.39 is 0 Å². The van der Waals surface area contributed by atoms with Gasteiger partial charge in [-0.1, -0.05) is 26.0 Å². The second kappa shape index (κ2) is 8.52. The van der Waals surface area contributed by atoms with Crippen LogP contribution in [0.3, 0.4) is 0 Å². The van der Waals surface area contributed by atoms with Crippen LogP contribution in [0.2, 0.25) is 0 Å². The van der Waals surface area contributed by atoms with Crippen molar-refractivity contribution in [2.45, 2.75) is 40.3 Å². The van der Waals surface area contributed by atoms with Crippen LogP contribution in [-0.4, -0.2) is 30.2 Å². The van der Waals surface area contributed by atoms with Gasteiger partial charge < -0.3 is 20.5 Å². The molecule has 5 nitrogen and oxygen atoms in total. The Balaban J connectivity index is 2.54. The lowest BCUT2D eigenvalue weighted by atomic mass is 10.1. The lowest BCUT2D eigenvalue weighted by Gasteiger charge is -2.16. The van der Waals surface area contributed by atoms with Gasteiger partial charge in [0.25, 0.3) is 0 Å². The zero-order chi connectivity index (χ0) is 15.8. The zero-order valence-corrected chi connectivity index (χ0v) is 13.3. The molecule has 0 aliphatic carbocycles. The lowest BCUT2D eigenvalue weighted by molar-refractivity contribution is -0.122. The second-order valence-electron chi connectivity index (χ2n) is 5.44. The highest BCUT2D eigenvalue weighted by molar-refractivity contribution is 5.81. The van der Waals surface area contributed by atoms with Crippen LogP contribution in [0.5, 0.6) is 11.5 Å². The van der Waals surface area contributed by atoms with Crippen molar-refractivity contribution in [3.05, 3.63) is 23.8 Å². The number of hydrogen-bond donors (Lipinski definition) is 3. The number of hydrogen-bond acceptors (Lipinski definition) is 4. The summed E-state index contributed by atoms with van der Waals surface area (Å²) in [4.78, 5) is 11.9. The first kappa shape index (κ1) is 17.3. The number of carbonyl (C=O) groups excluding carboxylic acids is 1. The van der Waals surface area contributed by atoms with Gasteiger partial charge in [-0.2, -0.15) is 0 Å². The summed E-state index contributed by atoms with van der Waals surface area (Å²) in [5, 5.41) is 16.1. The third-order valence-corrected chi connectivity index (χ3v) is 3.06. The SMILES string of the molecule is CCOc1cccc(CNC(C)C(=O)NCC(C)C)c1O. The Labute approximate surface area is 126 Å². The molecule has 0 aliphatic heterocycles. The number of rotatable bonds is 8. The number of phenolic OH excluding ortho intramolecular Hbond substituents is 1. The second-order valence-corrected chi connectivity index (χ2v) is 5.44. The Morgan fingerprint density at radius 1 is 1.33 bits per heavy atom. The molecule has 1 aromatic rings. The van der Waals surface area contributed by atoms with E-state index >= 15 is 0 Å². The van der Waals surface area contributed by atoms with Gasteiger partial charge in [0, 0.05) is 18.7 Å². The first-order valence-electron chi connectivity index (χ1n) is 7.40. The topological polar surface area (TPSA) is 70.6 Å². The van der Waals surface area contributed by atoms with Crippen LogP contribution < -0.4 is 15.4 Å². The summed E-state index contributed by atoms with van der Waals surface area (Å²) in [6.07, 6.45) is 0. The summed E-state index contributed by atoms with van der Waals surface area (Å²) in [6.45, 7) is 9.34. The molecule has 1 rings (SSSR count). The fraction of sp³-hybridized carbons (Fsp3) is 0.562. The van der Waals surface area contributed by atoms with Crippen molar-refractivity contribution < 1.29 is 14.6 Å². The molecule has 0 saturated carbocycles. The number of phenols is 1. The van der Waals surface area contributed by atoms with Crippen molar-refractivity contribution in [2.24, 2.45) is 5.92 Å². The molecule has 21 heavy (non-hydrogen) atoms. The quantitative estimate of drug-likeness (QED) is 0.686. The number of benzene rings is 1. The molecule has 3 N–H and O–H groups in total. The maximum absolute atomic E-state index is 11.9. The predicted octanol–water partition coefficient (Wildman–Crippen LogP) is 2.04. The van der Waals surface area contributed by atoms with Gasteiger partial charge in [0.1, 0.15) is 0 Å². The van der Waals surface area contributed by atoms with E-state index in [4.69, 9.17) is 4.74 Å². The summed E-state index contributed by atoms with van der Waals surface area (Å²) in [5.74, 6) is 0.979. The van der Waals surface area contributed by atoms with E-state index in [1.807, 2.05) is 19.1 Å². The molecular formula is C16H26N2O3. The van der Waals surface area contributed by atoms with E-state index in [1.165, 1.54) is 0 Å². The molecule has 1 aromatic carbocycles. The summed E-state index contributed by atoms with van der Waals surface area (Å²) in [5.41, 5.74) is 0.712. The monoisotopic (exact) mass is 294 g/mol. The third kappa shape index (κ3) is 5.63. The number of carbonyl (C=O) groups is 1. The Morgan fingerprint density at radius 2 is 2.05 bits per heavy atom. The molecule has 0 bridgehead atoms. The fourth-order valence-corrected chi connectivity index (χ4v) is 1.80. The van der Waals surface area contributed by atoms with Crippen molar-refractivity contribution in [1.82, 2.24) is 10.6 Å². The van der Waals surface area contributed by atoms with Gasteiger partial charge in [-0.05, 0) is 25.8 Å². The molecular weight excluding hydrogens is 268 g/mol. The number of para-hydroxylation sites is 1. The zero-order valence-electron chi connectivity index (χ0n) is 13.3. The molecule has 0 radical (unpaired) electrons. The van der Waals surface area contributed by atoms with E-state index in [1.54, 1.807) is 13.0 Å². The van der Waals surface area contributed by atoms with Gasteiger partial charge in [-0.25, -0.2) is 0 Å².